The molecular weight excluding hydrogens is 416 g/mol. The lowest BCUT2D eigenvalue weighted by atomic mass is 9.96. The minimum Gasteiger partial charge on any atom is -0.494 e. The normalized spacial score (nSPS) is 18.6. The van der Waals surface area contributed by atoms with Crippen molar-refractivity contribution in [2.45, 2.75) is 32.5 Å². The lowest BCUT2D eigenvalue weighted by Gasteiger charge is -2.38. The average molecular weight is 445 g/mol. The maximum absolute atomic E-state index is 6.47. The Balaban J connectivity index is 1.52. The highest BCUT2D eigenvalue weighted by atomic mass is 16.5. The van der Waals surface area contributed by atoms with E-state index in [4.69, 9.17) is 24.0 Å². The van der Waals surface area contributed by atoms with E-state index in [1.165, 1.54) is 0 Å². The molecule has 0 saturated heterocycles. The molecule has 0 spiro atoms. The molecule has 2 heterocycles. The van der Waals surface area contributed by atoms with Gasteiger partial charge in [-0.25, -0.2) is 5.01 Å². The molecule has 3 aromatic rings. The number of fused-ring (bicyclic) bond motifs is 3. The predicted octanol–water partition coefficient (Wildman–Crippen LogP) is 5.73. The van der Waals surface area contributed by atoms with Crippen molar-refractivity contribution in [1.29, 1.82) is 0 Å². The monoisotopic (exact) mass is 444 g/mol. The summed E-state index contributed by atoms with van der Waals surface area (Å²) < 4.78 is 23.3. The van der Waals surface area contributed by atoms with E-state index in [2.05, 4.69) is 29.3 Å². The maximum atomic E-state index is 6.47. The Morgan fingerprint density at radius 1 is 0.939 bits per heavy atom. The van der Waals surface area contributed by atoms with Crippen LogP contribution in [0.5, 0.6) is 23.0 Å². The van der Waals surface area contributed by atoms with Gasteiger partial charge in [-0.1, -0.05) is 18.2 Å². The van der Waals surface area contributed by atoms with Crippen molar-refractivity contribution < 1.29 is 18.9 Å². The molecule has 2 aliphatic heterocycles. The summed E-state index contributed by atoms with van der Waals surface area (Å²) in [5, 5.41) is 7.11. The lowest BCUT2D eigenvalue weighted by Crippen LogP contribution is -2.33. The molecule has 5 rings (SSSR count). The largest absolute Gasteiger partial charge is 0.494 e. The summed E-state index contributed by atoms with van der Waals surface area (Å²) in [6.07, 6.45) is 0.439. The number of benzene rings is 3. The Kier molecular flexibility index (Phi) is 5.82. The van der Waals surface area contributed by atoms with Gasteiger partial charge in [-0.2, -0.15) is 5.10 Å². The second-order valence-electron chi connectivity index (χ2n) is 7.96. The average Bonchev–Trinajstić information content (AvgIpc) is 3.30. The van der Waals surface area contributed by atoms with E-state index in [0.717, 1.165) is 46.1 Å². The van der Waals surface area contributed by atoms with Crippen LogP contribution in [0.15, 0.2) is 71.8 Å². The topological polar surface area (TPSA) is 52.5 Å². The van der Waals surface area contributed by atoms with Gasteiger partial charge in [0.2, 0.25) is 6.23 Å². The molecule has 33 heavy (non-hydrogen) atoms. The Morgan fingerprint density at radius 2 is 1.73 bits per heavy atom. The zero-order chi connectivity index (χ0) is 22.8. The molecule has 0 bridgehead atoms. The standard InChI is InChI=1S/C27H28N2O4/c1-4-31-20-13-10-18(11-14-20)22-17-23-21-8-6-7-9-24(21)33-27(29(23)28-22)19-12-15-25(32-5-2)26(16-19)30-3/h6-16,23,27H,4-5,17H2,1-3H3/t23-,27+/m1/s1. The van der Waals surface area contributed by atoms with E-state index in [-0.39, 0.29) is 12.3 Å². The first kappa shape index (κ1) is 21.2. The SMILES string of the molecule is CCOc1ccc(C2=NN3[C@H](C2)c2ccccc2O[C@H]3c2ccc(OCC)c(OC)c2)cc1. The number of hydrogen-bond acceptors (Lipinski definition) is 6. The Bertz CT molecular complexity index is 1160. The molecule has 0 radical (unpaired) electrons. The first-order valence-corrected chi connectivity index (χ1v) is 11.4. The van der Waals surface area contributed by atoms with Crippen molar-refractivity contribution in [2.24, 2.45) is 5.10 Å². The molecule has 0 N–H and O–H groups in total. The van der Waals surface area contributed by atoms with Gasteiger partial charge < -0.3 is 18.9 Å². The summed E-state index contributed by atoms with van der Waals surface area (Å²) in [6, 6.07) is 22.4. The lowest BCUT2D eigenvalue weighted by molar-refractivity contribution is -0.0191. The molecular formula is C27H28N2O4. The summed E-state index contributed by atoms with van der Waals surface area (Å²) >= 11 is 0. The zero-order valence-corrected chi connectivity index (χ0v) is 19.2. The second-order valence-corrected chi connectivity index (χ2v) is 7.96. The molecule has 6 heteroatoms. The number of para-hydroxylation sites is 1. The van der Waals surface area contributed by atoms with Crippen LogP contribution in [0.4, 0.5) is 0 Å². The van der Waals surface area contributed by atoms with Crippen LogP contribution in [0.25, 0.3) is 0 Å². The highest BCUT2D eigenvalue weighted by molar-refractivity contribution is 6.02. The highest BCUT2D eigenvalue weighted by Gasteiger charge is 2.41. The van der Waals surface area contributed by atoms with Crippen LogP contribution in [0.2, 0.25) is 0 Å². The second kappa shape index (κ2) is 9.06. The Labute approximate surface area is 194 Å². The van der Waals surface area contributed by atoms with Crippen molar-refractivity contribution in [1.82, 2.24) is 5.01 Å². The summed E-state index contributed by atoms with van der Waals surface area (Å²) in [5.74, 6) is 3.16. The maximum Gasteiger partial charge on any atom is 0.214 e. The van der Waals surface area contributed by atoms with E-state index in [9.17, 15) is 0 Å². The molecule has 6 nitrogen and oxygen atoms in total. The summed E-state index contributed by atoms with van der Waals surface area (Å²) in [4.78, 5) is 0. The van der Waals surface area contributed by atoms with Crippen LogP contribution in [-0.4, -0.2) is 31.0 Å². The van der Waals surface area contributed by atoms with Gasteiger partial charge in [0, 0.05) is 17.5 Å². The number of hydrazone groups is 1. The molecule has 2 aliphatic rings. The molecule has 0 aliphatic carbocycles. The van der Waals surface area contributed by atoms with Crippen LogP contribution in [0, 0.1) is 0 Å². The van der Waals surface area contributed by atoms with E-state index in [1.54, 1.807) is 7.11 Å². The zero-order valence-electron chi connectivity index (χ0n) is 19.2. The molecule has 0 unspecified atom stereocenters. The van der Waals surface area contributed by atoms with E-state index < -0.39 is 0 Å². The van der Waals surface area contributed by atoms with Gasteiger partial charge in [0.05, 0.1) is 32.1 Å². The van der Waals surface area contributed by atoms with Crippen LogP contribution >= 0.6 is 0 Å². The van der Waals surface area contributed by atoms with Crippen molar-refractivity contribution in [2.75, 3.05) is 20.3 Å². The van der Waals surface area contributed by atoms with Gasteiger partial charge in [-0.15, -0.1) is 0 Å². The minimum atomic E-state index is -0.366. The third-order valence-corrected chi connectivity index (χ3v) is 5.97. The predicted molar refractivity (Wildman–Crippen MR) is 127 cm³/mol. The van der Waals surface area contributed by atoms with Crippen LogP contribution < -0.4 is 18.9 Å². The van der Waals surface area contributed by atoms with E-state index in [0.29, 0.717) is 19.0 Å². The molecule has 0 fully saturated rings. The van der Waals surface area contributed by atoms with Gasteiger partial charge in [0.25, 0.3) is 0 Å². The van der Waals surface area contributed by atoms with Gasteiger partial charge in [-0.3, -0.25) is 0 Å². The van der Waals surface area contributed by atoms with Crippen LogP contribution in [0.1, 0.15) is 49.2 Å². The number of nitrogens with zero attached hydrogens (tertiary/aromatic N) is 2. The fourth-order valence-electron chi connectivity index (χ4n) is 4.45. The number of methoxy groups -OCH3 is 1. The van der Waals surface area contributed by atoms with Gasteiger partial charge in [0.1, 0.15) is 11.5 Å². The first-order chi connectivity index (χ1) is 16.2. The Morgan fingerprint density at radius 3 is 2.48 bits per heavy atom. The Hall–Kier alpha value is -3.67. The number of hydrogen-bond donors (Lipinski definition) is 0. The highest BCUT2D eigenvalue weighted by Crippen LogP contribution is 2.48. The van der Waals surface area contributed by atoms with Crippen molar-refractivity contribution in [3.8, 4) is 23.0 Å². The van der Waals surface area contributed by atoms with Crippen molar-refractivity contribution in [3.05, 3.63) is 83.4 Å². The van der Waals surface area contributed by atoms with Crippen LogP contribution in [0.3, 0.4) is 0 Å². The number of rotatable bonds is 7. The number of ether oxygens (including phenoxy) is 4. The van der Waals surface area contributed by atoms with Crippen molar-refractivity contribution >= 4 is 5.71 Å². The summed E-state index contributed by atoms with van der Waals surface area (Å²) in [6.45, 7) is 5.17. The fraction of sp³-hybridized carbons (Fsp3) is 0.296. The molecule has 3 aromatic carbocycles. The molecule has 170 valence electrons. The minimum absolute atomic E-state index is 0.0964. The van der Waals surface area contributed by atoms with Gasteiger partial charge in [0.15, 0.2) is 11.5 Å². The summed E-state index contributed by atoms with van der Waals surface area (Å²) in [5.41, 5.74) is 4.24. The smallest absolute Gasteiger partial charge is 0.214 e. The van der Waals surface area contributed by atoms with Crippen molar-refractivity contribution in [3.63, 3.8) is 0 Å². The van der Waals surface area contributed by atoms with Gasteiger partial charge in [-0.05, 0) is 67.9 Å². The fourth-order valence-corrected chi connectivity index (χ4v) is 4.45. The third-order valence-electron chi connectivity index (χ3n) is 5.97. The summed E-state index contributed by atoms with van der Waals surface area (Å²) in [7, 11) is 1.65. The van der Waals surface area contributed by atoms with E-state index in [1.807, 2.05) is 56.3 Å². The molecule has 0 aromatic heterocycles. The molecule has 0 saturated carbocycles. The molecule has 2 atom stereocenters. The van der Waals surface area contributed by atoms with Gasteiger partial charge >= 0.3 is 0 Å². The molecule has 0 amide bonds. The van der Waals surface area contributed by atoms with Crippen LogP contribution in [-0.2, 0) is 0 Å². The first-order valence-electron chi connectivity index (χ1n) is 11.4. The van der Waals surface area contributed by atoms with E-state index >= 15 is 0 Å². The quantitative estimate of drug-likeness (QED) is 0.465. The third kappa shape index (κ3) is 3.97.